The molecular weight excluding hydrogens is 398 g/mol. The maximum atomic E-state index is 13.5. The van der Waals surface area contributed by atoms with Crippen LogP contribution in [-0.2, 0) is 19.1 Å². The molecule has 1 spiro atoms. The fourth-order valence-electron chi connectivity index (χ4n) is 5.42. The lowest BCUT2D eigenvalue weighted by molar-refractivity contribution is -0.142. The van der Waals surface area contributed by atoms with E-state index < -0.39 is 29.0 Å². The van der Waals surface area contributed by atoms with E-state index in [9.17, 15) is 19.5 Å². The highest BCUT2D eigenvalue weighted by molar-refractivity contribution is 6.02. The highest BCUT2D eigenvalue weighted by Gasteiger charge is 2.74. The summed E-state index contributed by atoms with van der Waals surface area (Å²) >= 11 is 0. The third-order valence-electron chi connectivity index (χ3n) is 6.45. The minimum Gasteiger partial charge on any atom is -0.396 e. The SMILES string of the molecule is CC(C)(C)NC(=O)C1N(CCCO)C(=O)[C@@H]2[C@H](C(=O)Nc3ccccc3)[C@@H]3CCC12O3. The predicted molar refractivity (Wildman–Crippen MR) is 114 cm³/mol. The van der Waals surface area contributed by atoms with Gasteiger partial charge in [-0.1, -0.05) is 18.2 Å². The number of likely N-dealkylation sites (tertiary alicyclic amines) is 1. The number of aliphatic hydroxyl groups is 1. The number of nitrogens with zero attached hydrogens (tertiary/aromatic N) is 1. The Balaban J connectivity index is 1.66. The van der Waals surface area contributed by atoms with Gasteiger partial charge < -0.3 is 25.4 Å². The molecule has 3 fully saturated rings. The Labute approximate surface area is 182 Å². The van der Waals surface area contributed by atoms with Crippen LogP contribution >= 0.6 is 0 Å². The molecule has 0 radical (unpaired) electrons. The molecule has 2 bridgehead atoms. The van der Waals surface area contributed by atoms with Crippen LogP contribution in [0.3, 0.4) is 0 Å². The van der Waals surface area contributed by atoms with Crippen LogP contribution in [0.25, 0.3) is 0 Å². The van der Waals surface area contributed by atoms with Crippen molar-refractivity contribution in [1.29, 1.82) is 0 Å². The first-order chi connectivity index (χ1) is 14.7. The van der Waals surface area contributed by atoms with E-state index in [-0.39, 0.29) is 37.0 Å². The van der Waals surface area contributed by atoms with Gasteiger partial charge in [-0.15, -0.1) is 0 Å². The Morgan fingerprint density at radius 2 is 1.94 bits per heavy atom. The molecule has 31 heavy (non-hydrogen) atoms. The van der Waals surface area contributed by atoms with Crippen molar-refractivity contribution in [2.24, 2.45) is 11.8 Å². The van der Waals surface area contributed by atoms with Crippen molar-refractivity contribution in [1.82, 2.24) is 10.2 Å². The molecule has 3 aliphatic heterocycles. The number of fused-ring (bicyclic) bond motifs is 1. The zero-order chi connectivity index (χ0) is 22.4. The van der Waals surface area contributed by atoms with Gasteiger partial charge in [0.15, 0.2) is 0 Å². The average molecular weight is 430 g/mol. The fourth-order valence-corrected chi connectivity index (χ4v) is 5.42. The van der Waals surface area contributed by atoms with Gasteiger partial charge in [-0.05, 0) is 52.2 Å². The number of para-hydroxylation sites is 1. The molecule has 5 atom stereocenters. The lowest BCUT2D eigenvalue weighted by atomic mass is 9.70. The van der Waals surface area contributed by atoms with Crippen molar-refractivity contribution in [3.05, 3.63) is 30.3 Å². The molecular formula is C23H31N3O5. The highest BCUT2D eigenvalue weighted by atomic mass is 16.5. The topological polar surface area (TPSA) is 108 Å². The number of rotatable bonds is 6. The first-order valence-electron chi connectivity index (χ1n) is 10.9. The summed E-state index contributed by atoms with van der Waals surface area (Å²) < 4.78 is 6.34. The molecule has 0 aromatic heterocycles. The molecule has 8 nitrogen and oxygen atoms in total. The van der Waals surface area contributed by atoms with Crippen LogP contribution in [0.1, 0.15) is 40.0 Å². The standard InChI is InChI=1S/C23H31N3O5/c1-22(2,3)25-20(29)18-23-11-10-15(31-23)16(17(23)21(30)26(18)12-7-13-27)19(28)24-14-8-5-4-6-9-14/h4-6,8-9,15-18,27H,7,10-13H2,1-3H3,(H,24,28)(H,25,29)/t15-,16+,17-,18?,23?/m0/s1. The van der Waals surface area contributed by atoms with Crippen LogP contribution in [0, 0.1) is 11.8 Å². The van der Waals surface area contributed by atoms with E-state index in [1.54, 1.807) is 12.1 Å². The smallest absolute Gasteiger partial charge is 0.246 e. The first-order valence-corrected chi connectivity index (χ1v) is 10.9. The molecule has 1 aromatic carbocycles. The van der Waals surface area contributed by atoms with E-state index in [0.29, 0.717) is 24.9 Å². The van der Waals surface area contributed by atoms with Crippen LogP contribution < -0.4 is 10.6 Å². The highest BCUT2D eigenvalue weighted by Crippen LogP contribution is 2.58. The summed E-state index contributed by atoms with van der Waals surface area (Å²) in [6.45, 7) is 5.82. The monoisotopic (exact) mass is 429 g/mol. The summed E-state index contributed by atoms with van der Waals surface area (Å²) in [4.78, 5) is 41.6. The predicted octanol–water partition coefficient (Wildman–Crippen LogP) is 1.30. The van der Waals surface area contributed by atoms with Gasteiger partial charge in [-0.25, -0.2) is 0 Å². The molecule has 3 heterocycles. The number of anilines is 1. The van der Waals surface area contributed by atoms with Crippen molar-refractivity contribution in [3.63, 3.8) is 0 Å². The summed E-state index contributed by atoms with van der Waals surface area (Å²) in [5.41, 5.74) is -0.822. The van der Waals surface area contributed by atoms with Crippen molar-refractivity contribution in [3.8, 4) is 0 Å². The first kappa shape index (κ1) is 21.8. The van der Waals surface area contributed by atoms with Gasteiger partial charge in [0.1, 0.15) is 11.6 Å². The molecule has 8 heteroatoms. The second-order valence-electron chi connectivity index (χ2n) is 9.76. The van der Waals surface area contributed by atoms with Gasteiger partial charge in [0.25, 0.3) is 0 Å². The Morgan fingerprint density at radius 3 is 2.58 bits per heavy atom. The van der Waals surface area contributed by atoms with E-state index in [4.69, 9.17) is 4.74 Å². The van der Waals surface area contributed by atoms with E-state index in [1.165, 1.54) is 4.90 Å². The molecule has 1 aromatic rings. The number of aliphatic hydroxyl groups excluding tert-OH is 1. The Kier molecular flexibility index (Phi) is 5.55. The normalized spacial score (nSPS) is 31.6. The third-order valence-corrected chi connectivity index (χ3v) is 6.45. The zero-order valence-corrected chi connectivity index (χ0v) is 18.3. The van der Waals surface area contributed by atoms with Crippen LogP contribution in [0.15, 0.2) is 30.3 Å². The van der Waals surface area contributed by atoms with Gasteiger partial charge in [0, 0.05) is 24.4 Å². The van der Waals surface area contributed by atoms with E-state index in [0.717, 1.165) is 0 Å². The summed E-state index contributed by atoms with van der Waals surface area (Å²) in [7, 11) is 0. The maximum Gasteiger partial charge on any atom is 0.246 e. The third kappa shape index (κ3) is 3.72. The second kappa shape index (κ2) is 7.91. The van der Waals surface area contributed by atoms with E-state index >= 15 is 0 Å². The van der Waals surface area contributed by atoms with Crippen LogP contribution in [0.4, 0.5) is 5.69 Å². The molecule has 0 aliphatic carbocycles. The molecule has 4 rings (SSSR count). The van der Waals surface area contributed by atoms with E-state index in [2.05, 4.69) is 10.6 Å². The number of carbonyl (C=O) groups excluding carboxylic acids is 3. The van der Waals surface area contributed by atoms with Crippen molar-refractivity contribution >= 4 is 23.4 Å². The van der Waals surface area contributed by atoms with Crippen molar-refractivity contribution < 1.29 is 24.2 Å². The minimum absolute atomic E-state index is 0.0868. The van der Waals surface area contributed by atoms with Crippen LogP contribution in [0.5, 0.6) is 0 Å². The van der Waals surface area contributed by atoms with Gasteiger partial charge >= 0.3 is 0 Å². The lowest BCUT2D eigenvalue weighted by Gasteiger charge is -2.35. The van der Waals surface area contributed by atoms with Crippen LogP contribution in [0.2, 0.25) is 0 Å². The summed E-state index contributed by atoms with van der Waals surface area (Å²) in [6.07, 6.45) is 1.16. The van der Waals surface area contributed by atoms with E-state index in [1.807, 2.05) is 39.0 Å². The second-order valence-corrected chi connectivity index (χ2v) is 9.76. The fraction of sp³-hybridized carbons (Fsp3) is 0.609. The molecule has 3 amide bonds. The number of hydrogen-bond donors (Lipinski definition) is 3. The molecule has 3 saturated heterocycles. The number of nitrogens with one attached hydrogen (secondary N) is 2. The van der Waals surface area contributed by atoms with Crippen molar-refractivity contribution in [2.45, 2.75) is 63.3 Å². The van der Waals surface area contributed by atoms with Crippen molar-refractivity contribution in [2.75, 3.05) is 18.5 Å². The Hall–Kier alpha value is -2.45. The zero-order valence-electron chi connectivity index (χ0n) is 18.3. The quantitative estimate of drug-likeness (QED) is 0.632. The summed E-state index contributed by atoms with van der Waals surface area (Å²) in [6, 6.07) is 8.31. The summed E-state index contributed by atoms with van der Waals surface area (Å²) in [5.74, 6) is -2.12. The largest absolute Gasteiger partial charge is 0.396 e. The lowest BCUT2D eigenvalue weighted by Crippen LogP contribution is -2.58. The molecule has 2 unspecified atom stereocenters. The van der Waals surface area contributed by atoms with Crippen LogP contribution in [-0.4, -0.2) is 64.2 Å². The van der Waals surface area contributed by atoms with Gasteiger partial charge in [0.2, 0.25) is 17.7 Å². The van der Waals surface area contributed by atoms with Gasteiger partial charge in [-0.2, -0.15) is 0 Å². The number of ether oxygens (including phenoxy) is 1. The number of amides is 3. The Morgan fingerprint density at radius 1 is 1.23 bits per heavy atom. The summed E-state index contributed by atoms with van der Waals surface area (Å²) in [5, 5.41) is 15.2. The minimum atomic E-state index is -1.01. The average Bonchev–Trinajstić information content (AvgIpc) is 3.33. The Bertz CT molecular complexity index is 868. The molecule has 3 aliphatic rings. The molecule has 168 valence electrons. The maximum absolute atomic E-state index is 13.5. The van der Waals surface area contributed by atoms with Gasteiger partial charge in [0.05, 0.1) is 17.9 Å². The van der Waals surface area contributed by atoms with Gasteiger partial charge in [-0.3, -0.25) is 14.4 Å². The number of carbonyl (C=O) groups is 3. The number of hydrogen-bond acceptors (Lipinski definition) is 5. The number of benzene rings is 1. The molecule has 0 saturated carbocycles. The molecule has 3 N–H and O–H groups in total.